The summed E-state index contributed by atoms with van der Waals surface area (Å²) in [6, 6.07) is 12.4. The van der Waals surface area contributed by atoms with Crippen LogP contribution < -0.4 is 9.62 Å². The van der Waals surface area contributed by atoms with Crippen LogP contribution in [-0.4, -0.2) is 26.9 Å². The fourth-order valence-electron chi connectivity index (χ4n) is 2.31. The van der Waals surface area contributed by atoms with E-state index in [0.29, 0.717) is 15.7 Å². The Morgan fingerprint density at radius 2 is 1.76 bits per heavy atom. The van der Waals surface area contributed by atoms with Crippen molar-refractivity contribution in [3.8, 4) is 0 Å². The van der Waals surface area contributed by atoms with E-state index < -0.39 is 10.0 Å². The number of carbonyl (C=O) groups is 1. The lowest BCUT2D eigenvalue weighted by Crippen LogP contribution is -2.41. The molecule has 25 heavy (non-hydrogen) atoms. The summed E-state index contributed by atoms with van der Waals surface area (Å²) >= 11 is 11.8. The molecule has 0 saturated heterocycles. The maximum Gasteiger partial charge on any atom is 0.264 e. The first-order valence-electron chi connectivity index (χ1n) is 7.69. The fraction of sp³-hybridized carbons (Fsp3) is 0.235. The molecule has 1 aliphatic carbocycles. The zero-order valence-corrected chi connectivity index (χ0v) is 15.5. The van der Waals surface area contributed by atoms with Crippen molar-refractivity contribution in [3.05, 3.63) is 58.6 Å². The second-order valence-electron chi connectivity index (χ2n) is 5.79. The monoisotopic (exact) mass is 398 g/mol. The number of nitrogens with zero attached hydrogens (tertiary/aromatic N) is 1. The number of hydrogen-bond acceptors (Lipinski definition) is 3. The molecule has 1 fully saturated rings. The van der Waals surface area contributed by atoms with Gasteiger partial charge in [0.1, 0.15) is 6.54 Å². The van der Waals surface area contributed by atoms with Gasteiger partial charge in [0.2, 0.25) is 5.91 Å². The van der Waals surface area contributed by atoms with Gasteiger partial charge in [-0.15, -0.1) is 0 Å². The van der Waals surface area contributed by atoms with Gasteiger partial charge >= 0.3 is 0 Å². The molecule has 1 N–H and O–H groups in total. The molecule has 0 unspecified atom stereocenters. The first kappa shape index (κ1) is 18.0. The summed E-state index contributed by atoms with van der Waals surface area (Å²) in [5.74, 6) is -0.347. The van der Waals surface area contributed by atoms with Gasteiger partial charge in [0.15, 0.2) is 0 Å². The van der Waals surface area contributed by atoms with Crippen LogP contribution in [0.1, 0.15) is 12.8 Å². The predicted octanol–water partition coefficient (Wildman–Crippen LogP) is 3.47. The van der Waals surface area contributed by atoms with E-state index >= 15 is 0 Å². The number of anilines is 1. The standard InChI is InChI=1S/C17H16Cl2N2O3S/c18-12-4-8-16(9-5-12)25(23,24)21(11-17(22)20-14-6-7-14)15-3-1-2-13(19)10-15/h1-5,8-10,14H,6-7,11H2,(H,20,22). The van der Waals surface area contributed by atoms with Gasteiger partial charge in [-0.25, -0.2) is 8.42 Å². The van der Waals surface area contributed by atoms with Gasteiger partial charge in [-0.3, -0.25) is 9.10 Å². The number of hydrogen-bond donors (Lipinski definition) is 1. The lowest BCUT2D eigenvalue weighted by molar-refractivity contribution is -0.119. The van der Waals surface area contributed by atoms with Crippen LogP contribution in [0, 0.1) is 0 Å². The van der Waals surface area contributed by atoms with Crippen LogP contribution in [0.15, 0.2) is 53.4 Å². The average Bonchev–Trinajstić information content (AvgIpc) is 3.37. The van der Waals surface area contributed by atoms with Gasteiger partial charge in [-0.05, 0) is 55.3 Å². The van der Waals surface area contributed by atoms with E-state index in [1.54, 1.807) is 18.2 Å². The topological polar surface area (TPSA) is 66.5 Å². The Hall–Kier alpha value is -1.76. The minimum absolute atomic E-state index is 0.0519. The van der Waals surface area contributed by atoms with Crippen LogP contribution in [0.3, 0.4) is 0 Å². The summed E-state index contributed by atoms with van der Waals surface area (Å²) in [6.45, 7) is -0.318. The Bertz CT molecular complexity index is 881. The van der Waals surface area contributed by atoms with E-state index in [4.69, 9.17) is 23.2 Å². The summed E-state index contributed by atoms with van der Waals surface area (Å²) in [6.07, 6.45) is 1.85. The summed E-state index contributed by atoms with van der Waals surface area (Å²) in [5.41, 5.74) is 0.327. The summed E-state index contributed by atoms with van der Waals surface area (Å²) in [5, 5.41) is 3.62. The quantitative estimate of drug-likeness (QED) is 0.809. The van der Waals surface area contributed by atoms with Crippen molar-refractivity contribution in [2.75, 3.05) is 10.8 Å². The number of benzene rings is 2. The van der Waals surface area contributed by atoms with Crippen LogP contribution in [0.25, 0.3) is 0 Å². The predicted molar refractivity (Wildman–Crippen MR) is 98.6 cm³/mol. The second-order valence-corrected chi connectivity index (χ2v) is 8.52. The van der Waals surface area contributed by atoms with E-state index in [9.17, 15) is 13.2 Å². The van der Waals surface area contributed by atoms with Gasteiger partial charge in [0.25, 0.3) is 10.0 Å². The molecular formula is C17H16Cl2N2O3S. The average molecular weight is 399 g/mol. The Balaban J connectivity index is 1.96. The maximum atomic E-state index is 13.1. The van der Waals surface area contributed by atoms with Crippen molar-refractivity contribution in [1.29, 1.82) is 0 Å². The van der Waals surface area contributed by atoms with Crippen LogP contribution in [-0.2, 0) is 14.8 Å². The van der Waals surface area contributed by atoms with Gasteiger partial charge < -0.3 is 5.32 Å². The number of carbonyl (C=O) groups excluding carboxylic acids is 1. The van der Waals surface area contributed by atoms with Crippen molar-refractivity contribution in [2.24, 2.45) is 0 Å². The van der Waals surface area contributed by atoms with Gasteiger partial charge in [-0.2, -0.15) is 0 Å². The van der Waals surface area contributed by atoms with E-state index in [2.05, 4.69) is 5.32 Å². The fourth-order valence-corrected chi connectivity index (χ4v) is 4.03. The molecule has 2 aromatic carbocycles. The third-order valence-corrected chi connectivity index (χ3v) is 6.00. The molecule has 5 nitrogen and oxygen atoms in total. The van der Waals surface area contributed by atoms with E-state index in [1.165, 1.54) is 30.3 Å². The van der Waals surface area contributed by atoms with Crippen molar-refractivity contribution >= 4 is 44.8 Å². The minimum Gasteiger partial charge on any atom is -0.352 e. The molecule has 0 aromatic heterocycles. The molecule has 8 heteroatoms. The van der Waals surface area contributed by atoms with E-state index in [-0.39, 0.29) is 23.4 Å². The van der Waals surface area contributed by atoms with Gasteiger partial charge in [0, 0.05) is 16.1 Å². The van der Waals surface area contributed by atoms with E-state index in [0.717, 1.165) is 17.1 Å². The molecule has 0 spiro atoms. The number of sulfonamides is 1. The van der Waals surface area contributed by atoms with Gasteiger partial charge in [0.05, 0.1) is 10.6 Å². The molecule has 0 atom stereocenters. The summed E-state index contributed by atoms with van der Waals surface area (Å²) in [4.78, 5) is 12.3. The Kier molecular flexibility index (Phi) is 5.22. The summed E-state index contributed by atoms with van der Waals surface area (Å²) < 4.78 is 27.2. The molecule has 1 saturated carbocycles. The molecule has 0 radical (unpaired) electrons. The van der Waals surface area contributed by atoms with Crippen molar-refractivity contribution in [3.63, 3.8) is 0 Å². The van der Waals surface area contributed by atoms with Crippen LogP contribution >= 0.6 is 23.2 Å². The first-order valence-corrected chi connectivity index (χ1v) is 9.89. The third kappa shape index (κ3) is 4.45. The first-order chi connectivity index (χ1) is 11.9. The molecular weight excluding hydrogens is 383 g/mol. The molecule has 3 rings (SSSR count). The number of rotatable bonds is 6. The number of halogens is 2. The smallest absolute Gasteiger partial charge is 0.264 e. The Labute approximate surface area is 156 Å². The van der Waals surface area contributed by atoms with Crippen LogP contribution in [0.2, 0.25) is 10.0 Å². The molecule has 0 aliphatic heterocycles. The van der Waals surface area contributed by atoms with E-state index in [1.807, 2.05) is 0 Å². The summed E-state index contributed by atoms with van der Waals surface area (Å²) in [7, 11) is -3.94. The van der Waals surface area contributed by atoms with Crippen molar-refractivity contribution < 1.29 is 13.2 Å². The third-order valence-electron chi connectivity index (χ3n) is 3.73. The zero-order chi connectivity index (χ0) is 18.0. The van der Waals surface area contributed by atoms with Crippen molar-refractivity contribution in [1.82, 2.24) is 5.32 Å². The SMILES string of the molecule is O=C(CN(c1cccc(Cl)c1)S(=O)(=O)c1ccc(Cl)cc1)NC1CC1. The second kappa shape index (κ2) is 7.23. The molecule has 132 valence electrons. The Morgan fingerprint density at radius 3 is 2.36 bits per heavy atom. The highest BCUT2D eigenvalue weighted by molar-refractivity contribution is 7.92. The molecule has 1 aliphatic rings. The van der Waals surface area contributed by atoms with Crippen LogP contribution in [0.4, 0.5) is 5.69 Å². The normalized spacial score (nSPS) is 14.2. The molecule has 0 bridgehead atoms. The lowest BCUT2D eigenvalue weighted by atomic mass is 10.3. The minimum atomic E-state index is -3.94. The number of amides is 1. The lowest BCUT2D eigenvalue weighted by Gasteiger charge is -2.24. The highest BCUT2D eigenvalue weighted by Gasteiger charge is 2.30. The maximum absolute atomic E-state index is 13.1. The molecule has 1 amide bonds. The van der Waals surface area contributed by atoms with Crippen LogP contribution in [0.5, 0.6) is 0 Å². The highest BCUT2D eigenvalue weighted by Crippen LogP contribution is 2.27. The number of nitrogens with one attached hydrogen (secondary N) is 1. The zero-order valence-electron chi connectivity index (χ0n) is 13.2. The molecule has 0 heterocycles. The highest BCUT2D eigenvalue weighted by atomic mass is 35.5. The van der Waals surface area contributed by atoms with Gasteiger partial charge in [-0.1, -0.05) is 29.3 Å². The van der Waals surface area contributed by atoms with Crippen molar-refractivity contribution in [2.45, 2.75) is 23.8 Å². The Morgan fingerprint density at radius 1 is 1.08 bits per heavy atom. The molecule has 2 aromatic rings. The largest absolute Gasteiger partial charge is 0.352 e.